The summed E-state index contributed by atoms with van der Waals surface area (Å²) in [6, 6.07) is 3.21. The molecule has 0 radical (unpaired) electrons. The van der Waals surface area contributed by atoms with Crippen molar-refractivity contribution in [3.8, 4) is 0 Å². The molecule has 6 nitrogen and oxygen atoms in total. The third kappa shape index (κ3) is 4.76. The second kappa shape index (κ2) is 7.04. The summed E-state index contributed by atoms with van der Waals surface area (Å²) in [5.74, 6) is -1.79. The minimum atomic E-state index is -4.29. The Hall–Kier alpha value is -1.13. The van der Waals surface area contributed by atoms with Crippen LogP contribution in [0.2, 0.25) is 0 Å². The average molecular weight is 311 g/mol. The first-order chi connectivity index (χ1) is 9.26. The van der Waals surface area contributed by atoms with Crippen molar-refractivity contribution >= 4 is 10.3 Å². The third-order valence-electron chi connectivity index (χ3n) is 2.36. The second-order valence-corrected chi connectivity index (χ2v) is 5.10. The van der Waals surface area contributed by atoms with E-state index in [2.05, 4.69) is 8.92 Å². The Bertz CT molecular complexity index is 531. The Kier molecular flexibility index (Phi) is 5.96. The molecule has 0 aliphatic rings. The number of nitrogens with two attached hydrogens (primary N) is 1. The summed E-state index contributed by atoms with van der Waals surface area (Å²) in [4.78, 5) is 0. The highest BCUT2D eigenvalue weighted by atomic mass is 32.2. The summed E-state index contributed by atoms with van der Waals surface area (Å²) in [5.41, 5.74) is -0.458. The van der Waals surface area contributed by atoms with Crippen molar-refractivity contribution in [2.24, 2.45) is 5.14 Å². The maximum atomic E-state index is 13.7. The number of methoxy groups -OCH3 is 1. The molecule has 0 fully saturated rings. The van der Waals surface area contributed by atoms with E-state index in [1.54, 1.807) is 0 Å². The summed E-state index contributed by atoms with van der Waals surface area (Å²) < 4.78 is 63.5. The van der Waals surface area contributed by atoms with Crippen molar-refractivity contribution in [3.63, 3.8) is 0 Å². The molecule has 0 aliphatic carbocycles. The average Bonchev–Trinajstić information content (AvgIpc) is 2.30. The lowest BCUT2D eigenvalue weighted by molar-refractivity contribution is -0.106. The van der Waals surface area contributed by atoms with Gasteiger partial charge in [-0.15, -0.1) is 0 Å². The molecule has 0 spiro atoms. The standard InChI is InChI=1S/C11H15F2NO5S/c1-7(19-20(14,15)16)11(18-6-17-2)10-8(12)4-3-5-9(10)13/h3-5,7,11H,6H2,1-2H3,(H2,14,15,16)/t7-,11+/m0/s1. The molecule has 0 saturated heterocycles. The smallest absolute Gasteiger partial charge is 0.333 e. The largest absolute Gasteiger partial charge is 0.359 e. The molecule has 0 unspecified atom stereocenters. The minimum Gasteiger partial charge on any atom is -0.359 e. The van der Waals surface area contributed by atoms with Crippen molar-refractivity contribution in [3.05, 3.63) is 35.4 Å². The SMILES string of the molecule is COCO[C@@H](c1c(F)cccc1F)[C@H](C)OS(N)(=O)=O. The van der Waals surface area contributed by atoms with Crippen LogP contribution in [0, 0.1) is 11.6 Å². The maximum Gasteiger partial charge on any atom is 0.333 e. The second-order valence-electron chi connectivity index (χ2n) is 3.92. The highest BCUT2D eigenvalue weighted by Gasteiger charge is 2.29. The first-order valence-corrected chi connectivity index (χ1v) is 6.99. The molecule has 9 heteroatoms. The van der Waals surface area contributed by atoms with Crippen LogP contribution in [-0.4, -0.2) is 28.4 Å². The zero-order valence-electron chi connectivity index (χ0n) is 10.9. The van der Waals surface area contributed by atoms with E-state index in [1.165, 1.54) is 20.1 Å². The molecule has 0 amide bonds. The van der Waals surface area contributed by atoms with Crippen molar-refractivity contribution in [2.75, 3.05) is 13.9 Å². The number of hydrogen-bond acceptors (Lipinski definition) is 5. The Labute approximate surface area is 115 Å². The molecular weight excluding hydrogens is 296 g/mol. The highest BCUT2D eigenvalue weighted by Crippen LogP contribution is 2.28. The zero-order chi connectivity index (χ0) is 15.3. The third-order valence-corrected chi connectivity index (χ3v) is 2.93. The van der Waals surface area contributed by atoms with Crippen molar-refractivity contribution in [1.29, 1.82) is 0 Å². The fraction of sp³-hybridized carbons (Fsp3) is 0.455. The summed E-state index contributed by atoms with van der Waals surface area (Å²) in [5, 5.41) is 4.73. The van der Waals surface area contributed by atoms with E-state index in [-0.39, 0.29) is 6.79 Å². The number of hydrogen-bond donors (Lipinski definition) is 1. The van der Waals surface area contributed by atoms with Crippen LogP contribution in [-0.2, 0) is 24.0 Å². The molecule has 0 saturated carbocycles. The predicted octanol–water partition coefficient (Wildman–Crippen LogP) is 1.24. The van der Waals surface area contributed by atoms with Gasteiger partial charge in [0.25, 0.3) is 0 Å². The zero-order valence-corrected chi connectivity index (χ0v) is 11.7. The van der Waals surface area contributed by atoms with E-state index in [4.69, 9.17) is 9.88 Å². The number of halogens is 2. The predicted molar refractivity (Wildman–Crippen MR) is 65.7 cm³/mol. The fourth-order valence-electron chi connectivity index (χ4n) is 1.64. The fourth-order valence-corrected chi connectivity index (χ4v) is 2.16. The van der Waals surface area contributed by atoms with Gasteiger partial charge in [-0.3, -0.25) is 4.18 Å². The summed E-state index contributed by atoms with van der Waals surface area (Å²) >= 11 is 0. The van der Waals surface area contributed by atoms with Gasteiger partial charge in [0, 0.05) is 7.11 Å². The Morgan fingerprint density at radius 1 is 1.30 bits per heavy atom. The van der Waals surface area contributed by atoms with Crippen LogP contribution >= 0.6 is 0 Å². The van der Waals surface area contributed by atoms with Crippen molar-refractivity contribution in [1.82, 2.24) is 0 Å². The van der Waals surface area contributed by atoms with E-state index in [0.717, 1.165) is 12.1 Å². The van der Waals surface area contributed by atoms with Gasteiger partial charge < -0.3 is 9.47 Å². The Morgan fingerprint density at radius 3 is 2.30 bits per heavy atom. The van der Waals surface area contributed by atoms with Gasteiger partial charge >= 0.3 is 10.3 Å². The molecule has 114 valence electrons. The molecule has 1 aromatic rings. The quantitative estimate of drug-likeness (QED) is 0.765. The van der Waals surface area contributed by atoms with Crippen LogP contribution in [0.1, 0.15) is 18.6 Å². The number of benzene rings is 1. The summed E-state index contributed by atoms with van der Waals surface area (Å²) in [7, 11) is -2.99. The van der Waals surface area contributed by atoms with Crippen LogP contribution < -0.4 is 5.14 Å². The van der Waals surface area contributed by atoms with Crippen LogP contribution in [0.25, 0.3) is 0 Å². The normalized spacial score (nSPS) is 15.1. The molecule has 0 heterocycles. The van der Waals surface area contributed by atoms with E-state index in [0.29, 0.717) is 0 Å². The van der Waals surface area contributed by atoms with Crippen LogP contribution in [0.15, 0.2) is 18.2 Å². The van der Waals surface area contributed by atoms with E-state index < -0.39 is 39.7 Å². The van der Waals surface area contributed by atoms with E-state index in [9.17, 15) is 17.2 Å². The maximum absolute atomic E-state index is 13.7. The van der Waals surface area contributed by atoms with Gasteiger partial charge in [0.1, 0.15) is 30.6 Å². The van der Waals surface area contributed by atoms with Crippen molar-refractivity contribution in [2.45, 2.75) is 19.1 Å². The first kappa shape index (κ1) is 16.9. The molecule has 0 bridgehead atoms. The lowest BCUT2D eigenvalue weighted by atomic mass is 10.0. The molecule has 0 aliphatic heterocycles. The van der Waals surface area contributed by atoms with Gasteiger partial charge in [-0.25, -0.2) is 13.9 Å². The van der Waals surface area contributed by atoms with E-state index >= 15 is 0 Å². The van der Waals surface area contributed by atoms with Gasteiger partial charge in [-0.2, -0.15) is 8.42 Å². The molecule has 0 aromatic heterocycles. The first-order valence-electron chi connectivity index (χ1n) is 5.51. The lowest BCUT2D eigenvalue weighted by Gasteiger charge is -2.24. The Morgan fingerprint density at radius 2 is 1.85 bits per heavy atom. The molecule has 2 N–H and O–H groups in total. The topological polar surface area (TPSA) is 87.8 Å². The van der Waals surface area contributed by atoms with Gasteiger partial charge in [0.2, 0.25) is 0 Å². The van der Waals surface area contributed by atoms with Gasteiger partial charge in [-0.1, -0.05) is 6.07 Å². The van der Waals surface area contributed by atoms with Gasteiger partial charge in [-0.05, 0) is 19.1 Å². The molecular formula is C11H15F2NO5S. The van der Waals surface area contributed by atoms with E-state index in [1.807, 2.05) is 0 Å². The van der Waals surface area contributed by atoms with Crippen LogP contribution in [0.4, 0.5) is 8.78 Å². The van der Waals surface area contributed by atoms with Crippen molar-refractivity contribution < 1.29 is 30.9 Å². The lowest BCUT2D eigenvalue weighted by Crippen LogP contribution is -2.30. The molecule has 2 atom stereocenters. The summed E-state index contributed by atoms with van der Waals surface area (Å²) in [6.45, 7) is 0.952. The highest BCUT2D eigenvalue weighted by molar-refractivity contribution is 7.84. The number of rotatable bonds is 7. The summed E-state index contributed by atoms with van der Waals surface area (Å²) in [6.07, 6.45) is -2.58. The van der Waals surface area contributed by atoms with Crippen LogP contribution in [0.3, 0.4) is 0 Å². The molecule has 1 aromatic carbocycles. The van der Waals surface area contributed by atoms with Crippen LogP contribution in [0.5, 0.6) is 0 Å². The Balaban J connectivity index is 3.11. The van der Waals surface area contributed by atoms with Gasteiger partial charge in [0.05, 0.1) is 5.56 Å². The molecule has 1 rings (SSSR count). The monoisotopic (exact) mass is 311 g/mol. The van der Waals surface area contributed by atoms with Gasteiger partial charge in [0.15, 0.2) is 0 Å². The molecule has 20 heavy (non-hydrogen) atoms. The number of ether oxygens (including phenoxy) is 2. The minimum absolute atomic E-state index is 0.309.